The van der Waals surface area contributed by atoms with Gasteiger partial charge in [0.05, 0.1) is 6.54 Å². The number of rotatable bonds is 5. The highest BCUT2D eigenvalue weighted by Crippen LogP contribution is 2.23. The summed E-state index contributed by atoms with van der Waals surface area (Å²) < 4.78 is 0. The van der Waals surface area contributed by atoms with Crippen LogP contribution in [0.15, 0.2) is 24.4 Å². The van der Waals surface area contributed by atoms with Gasteiger partial charge in [0.2, 0.25) is 5.95 Å². The van der Waals surface area contributed by atoms with Crippen molar-refractivity contribution < 1.29 is 4.79 Å². The summed E-state index contributed by atoms with van der Waals surface area (Å²) in [7, 11) is 0. The van der Waals surface area contributed by atoms with Gasteiger partial charge in [-0.25, -0.2) is 9.97 Å². The first kappa shape index (κ1) is 16.4. The molecule has 1 amide bonds. The van der Waals surface area contributed by atoms with Crippen molar-refractivity contribution in [2.24, 2.45) is 0 Å². The number of benzene rings is 1. The van der Waals surface area contributed by atoms with Crippen LogP contribution in [0.25, 0.3) is 0 Å². The van der Waals surface area contributed by atoms with Crippen molar-refractivity contribution in [1.29, 1.82) is 0 Å². The van der Waals surface area contributed by atoms with E-state index in [1.807, 2.05) is 18.7 Å². The number of hydrogen-bond donors (Lipinski definition) is 1. The van der Waals surface area contributed by atoms with Crippen molar-refractivity contribution in [3.05, 3.63) is 52.3 Å². The van der Waals surface area contributed by atoms with Crippen molar-refractivity contribution in [2.75, 3.05) is 11.9 Å². The number of amides is 1. The van der Waals surface area contributed by atoms with Gasteiger partial charge in [0.1, 0.15) is 5.69 Å². The molecule has 5 heteroatoms. The summed E-state index contributed by atoms with van der Waals surface area (Å²) in [6.07, 6.45) is 2.66. The molecule has 2 heterocycles. The lowest BCUT2D eigenvalue weighted by atomic mass is 10.0. The third-order valence-electron chi connectivity index (χ3n) is 4.56. The third kappa shape index (κ3) is 3.25. The van der Waals surface area contributed by atoms with Crippen LogP contribution >= 0.6 is 0 Å². The highest BCUT2D eigenvalue weighted by molar-refractivity contribution is 5.96. The molecule has 126 valence electrons. The smallest absolute Gasteiger partial charge is 0.273 e. The number of aromatic nitrogens is 2. The molecule has 24 heavy (non-hydrogen) atoms. The Bertz CT molecular complexity index is 770. The molecule has 1 N–H and O–H groups in total. The highest BCUT2D eigenvalue weighted by Gasteiger charge is 2.31. The van der Waals surface area contributed by atoms with Gasteiger partial charge in [0, 0.05) is 24.3 Å². The van der Waals surface area contributed by atoms with Crippen LogP contribution < -0.4 is 5.32 Å². The Morgan fingerprint density at radius 3 is 2.75 bits per heavy atom. The molecule has 0 radical (unpaired) electrons. The molecule has 0 atom stereocenters. The number of hydrogen-bond acceptors (Lipinski definition) is 4. The van der Waals surface area contributed by atoms with Gasteiger partial charge in [-0.2, -0.15) is 0 Å². The molecule has 0 fully saturated rings. The second-order valence-corrected chi connectivity index (χ2v) is 6.69. The number of anilines is 1. The molecular weight excluding hydrogens is 300 g/mol. The van der Waals surface area contributed by atoms with Crippen LogP contribution in [0.4, 0.5) is 5.95 Å². The van der Waals surface area contributed by atoms with Crippen molar-refractivity contribution in [3.63, 3.8) is 0 Å². The molecular formula is C19H24N4O. The van der Waals surface area contributed by atoms with Crippen molar-refractivity contribution in [3.8, 4) is 0 Å². The van der Waals surface area contributed by atoms with E-state index in [1.54, 1.807) is 6.20 Å². The predicted octanol–water partition coefficient (Wildman–Crippen LogP) is 3.11. The Morgan fingerprint density at radius 2 is 2.04 bits per heavy atom. The Hall–Kier alpha value is -2.43. The first-order chi connectivity index (χ1) is 11.5. The predicted molar refractivity (Wildman–Crippen MR) is 95.2 cm³/mol. The van der Waals surface area contributed by atoms with Gasteiger partial charge in [0.15, 0.2) is 0 Å². The number of carbonyl (C=O) groups is 1. The van der Waals surface area contributed by atoms with Gasteiger partial charge in [-0.1, -0.05) is 18.2 Å². The molecule has 1 aliphatic rings. The fraction of sp³-hybridized carbons (Fsp3) is 0.421. The normalized spacial score (nSPS) is 13.5. The van der Waals surface area contributed by atoms with Crippen molar-refractivity contribution >= 4 is 11.9 Å². The Morgan fingerprint density at radius 1 is 1.25 bits per heavy atom. The van der Waals surface area contributed by atoms with Gasteiger partial charge in [-0.05, 0) is 50.8 Å². The van der Waals surface area contributed by atoms with Crippen molar-refractivity contribution in [1.82, 2.24) is 14.9 Å². The average Bonchev–Trinajstić information content (AvgIpc) is 2.88. The molecule has 0 saturated carbocycles. The zero-order valence-corrected chi connectivity index (χ0v) is 14.8. The largest absolute Gasteiger partial charge is 0.354 e. The monoisotopic (exact) mass is 324 g/mol. The lowest BCUT2D eigenvalue weighted by molar-refractivity contribution is 0.0726. The van der Waals surface area contributed by atoms with Gasteiger partial charge in [-0.3, -0.25) is 4.79 Å². The van der Waals surface area contributed by atoms with E-state index >= 15 is 0 Å². The second-order valence-electron chi connectivity index (χ2n) is 6.69. The lowest BCUT2D eigenvalue weighted by Crippen LogP contribution is -2.31. The molecule has 1 aromatic heterocycles. The van der Waals surface area contributed by atoms with E-state index in [4.69, 9.17) is 0 Å². The summed E-state index contributed by atoms with van der Waals surface area (Å²) in [4.78, 5) is 22.9. The van der Waals surface area contributed by atoms with Crippen LogP contribution in [0.2, 0.25) is 0 Å². The van der Waals surface area contributed by atoms with Crippen LogP contribution in [0, 0.1) is 13.8 Å². The molecule has 0 aliphatic carbocycles. The molecule has 0 bridgehead atoms. The summed E-state index contributed by atoms with van der Waals surface area (Å²) in [5, 5.41) is 3.23. The fourth-order valence-electron chi connectivity index (χ4n) is 2.88. The number of carbonyl (C=O) groups excluding carboxylic acids is 1. The molecule has 0 spiro atoms. The second kappa shape index (κ2) is 6.59. The Labute approximate surface area is 143 Å². The van der Waals surface area contributed by atoms with Crippen LogP contribution in [-0.2, 0) is 13.0 Å². The minimum atomic E-state index is -0.000362. The van der Waals surface area contributed by atoms with Crippen LogP contribution in [0.1, 0.15) is 46.6 Å². The standard InChI is InChI=1S/C19H24N4O/c1-12(2)23-11-16-10-21-19(22-17(16)18(23)24)20-8-7-15-6-5-13(3)14(4)9-15/h5-6,9-10,12H,7-8,11H2,1-4H3,(H,20,21,22). The zero-order valence-electron chi connectivity index (χ0n) is 14.8. The van der Waals surface area contributed by atoms with Gasteiger partial charge >= 0.3 is 0 Å². The minimum absolute atomic E-state index is 0.000362. The molecule has 0 saturated heterocycles. The van der Waals surface area contributed by atoms with E-state index in [0.717, 1.165) is 18.5 Å². The van der Waals surface area contributed by atoms with Crippen LogP contribution in [0.3, 0.4) is 0 Å². The highest BCUT2D eigenvalue weighted by atomic mass is 16.2. The first-order valence-corrected chi connectivity index (χ1v) is 8.42. The van der Waals surface area contributed by atoms with E-state index in [9.17, 15) is 4.79 Å². The van der Waals surface area contributed by atoms with Crippen LogP contribution in [-0.4, -0.2) is 33.4 Å². The SMILES string of the molecule is Cc1ccc(CCNc2ncc3c(n2)C(=O)N(C(C)C)C3)cc1C. The van der Waals surface area contributed by atoms with Gasteiger partial charge in [-0.15, -0.1) is 0 Å². The summed E-state index contributed by atoms with van der Waals surface area (Å²) in [6.45, 7) is 9.62. The van der Waals surface area contributed by atoms with E-state index in [-0.39, 0.29) is 11.9 Å². The van der Waals surface area contributed by atoms with E-state index < -0.39 is 0 Å². The van der Waals surface area contributed by atoms with E-state index in [2.05, 4.69) is 47.3 Å². The zero-order chi connectivity index (χ0) is 17.3. The summed E-state index contributed by atoms with van der Waals surface area (Å²) in [5.41, 5.74) is 5.34. The summed E-state index contributed by atoms with van der Waals surface area (Å²) >= 11 is 0. The minimum Gasteiger partial charge on any atom is -0.354 e. The Kier molecular flexibility index (Phi) is 4.51. The molecule has 0 unspecified atom stereocenters. The quantitative estimate of drug-likeness (QED) is 0.918. The summed E-state index contributed by atoms with van der Waals surface area (Å²) in [5.74, 6) is 0.524. The van der Waals surface area contributed by atoms with Crippen molar-refractivity contribution in [2.45, 2.75) is 46.7 Å². The molecule has 1 aliphatic heterocycles. The maximum Gasteiger partial charge on any atom is 0.273 e. The maximum atomic E-state index is 12.4. The molecule has 2 aromatic rings. The Balaban J connectivity index is 1.63. The van der Waals surface area contributed by atoms with E-state index in [0.29, 0.717) is 18.2 Å². The lowest BCUT2D eigenvalue weighted by Gasteiger charge is -2.19. The molecule has 5 nitrogen and oxygen atoms in total. The van der Waals surface area contributed by atoms with E-state index in [1.165, 1.54) is 16.7 Å². The third-order valence-corrected chi connectivity index (χ3v) is 4.56. The number of fused-ring (bicyclic) bond motifs is 1. The van der Waals surface area contributed by atoms with Gasteiger partial charge in [0.25, 0.3) is 5.91 Å². The molecule has 3 rings (SSSR count). The number of aryl methyl sites for hydroxylation is 2. The summed E-state index contributed by atoms with van der Waals surface area (Å²) in [6, 6.07) is 6.69. The topological polar surface area (TPSA) is 58.1 Å². The fourth-order valence-corrected chi connectivity index (χ4v) is 2.88. The maximum absolute atomic E-state index is 12.4. The number of nitrogens with zero attached hydrogens (tertiary/aromatic N) is 3. The van der Waals surface area contributed by atoms with Crippen LogP contribution in [0.5, 0.6) is 0 Å². The van der Waals surface area contributed by atoms with Gasteiger partial charge < -0.3 is 10.2 Å². The first-order valence-electron chi connectivity index (χ1n) is 8.42. The number of nitrogens with one attached hydrogen (secondary N) is 1. The average molecular weight is 324 g/mol. The molecule has 1 aromatic carbocycles.